The van der Waals surface area contributed by atoms with Gasteiger partial charge in [-0.3, -0.25) is 14.5 Å². The number of aryl methyl sites for hydroxylation is 1. The van der Waals surface area contributed by atoms with Crippen LogP contribution in [0.4, 0.5) is 5.82 Å². The molecule has 0 atom stereocenters. The monoisotopic (exact) mass is 321 g/mol. The molecule has 1 heterocycles. The molecule has 22 heavy (non-hydrogen) atoms. The van der Waals surface area contributed by atoms with Gasteiger partial charge >= 0.3 is 0 Å². The Morgan fingerprint density at radius 3 is 2.55 bits per heavy atom. The number of anilines is 1. The van der Waals surface area contributed by atoms with Crippen LogP contribution in [0.25, 0.3) is 0 Å². The van der Waals surface area contributed by atoms with E-state index in [1.165, 1.54) is 11.8 Å². The Hall–Kier alpha value is -2.34. The van der Waals surface area contributed by atoms with Crippen LogP contribution >= 0.6 is 11.6 Å². The highest BCUT2D eigenvalue weighted by Gasteiger charge is 2.15. The summed E-state index contributed by atoms with van der Waals surface area (Å²) in [6.07, 6.45) is 0. The molecule has 2 amide bonds. The second-order valence-electron chi connectivity index (χ2n) is 4.73. The van der Waals surface area contributed by atoms with Gasteiger partial charge in [0.15, 0.2) is 5.82 Å². The maximum atomic E-state index is 12.0. The zero-order valence-electron chi connectivity index (χ0n) is 12.3. The lowest BCUT2D eigenvalue weighted by atomic mass is 10.2. The quantitative estimate of drug-likeness (QED) is 0.917. The van der Waals surface area contributed by atoms with Crippen molar-refractivity contribution in [2.75, 3.05) is 18.0 Å². The van der Waals surface area contributed by atoms with Gasteiger partial charge in [-0.25, -0.2) is 0 Å². The van der Waals surface area contributed by atoms with E-state index in [2.05, 4.69) is 10.5 Å². The van der Waals surface area contributed by atoms with Crippen molar-refractivity contribution in [1.82, 2.24) is 10.5 Å². The van der Waals surface area contributed by atoms with Crippen molar-refractivity contribution in [3.63, 3.8) is 0 Å². The van der Waals surface area contributed by atoms with Crippen molar-refractivity contribution in [2.45, 2.75) is 13.8 Å². The van der Waals surface area contributed by atoms with E-state index in [4.69, 9.17) is 16.1 Å². The minimum atomic E-state index is -0.225. The maximum absolute atomic E-state index is 12.0. The van der Waals surface area contributed by atoms with E-state index in [-0.39, 0.29) is 11.8 Å². The van der Waals surface area contributed by atoms with Crippen LogP contribution < -0.4 is 10.2 Å². The number of hydrogen-bond acceptors (Lipinski definition) is 4. The van der Waals surface area contributed by atoms with Crippen molar-refractivity contribution in [3.8, 4) is 0 Å². The third kappa shape index (κ3) is 4.08. The minimum absolute atomic E-state index is 0.172. The standard InChI is InChI=1S/C15H16ClN3O3/c1-10-9-14(18-22-10)19(11(2)20)8-7-17-15(21)12-3-5-13(16)6-4-12/h3-6,9H,7-8H2,1-2H3,(H,17,21). The molecule has 0 saturated heterocycles. The van der Waals surface area contributed by atoms with Crippen LogP contribution in [0.5, 0.6) is 0 Å². The average Bonchev–Trinajstić information content (AvgIpc) is 2.90. The summed E-state index contributed by atoms with van der Waals surface area (Å²) in [5.74, 6) is 0.655. The highest BCUT2D eigenvalue weighted by Crippen LogP contribution is 2.13. The maximum Gasteiger partial charge on any atom is 0.251 e. The SMILES string of the molecule is CC(=O)N(CCNC(=O)c1ccc(Cl)cc1)c1cc(C)on1. The largest absolute Gasteiger partial charge is 0.360 e. The molecule has 0 aliphatic carbocycles. The summed E-state index contributed by atoms with van der Waals surface area (Å²) in [5.41, 5.74) is 0.510. The van der Waals surface area contributed by atoms with Crippen LogP contribution in [0.15, 0.2) is 34.9 Å². The lowest BCUT2D eigenvalue weighted by Crippen LogP contribution is -2.37. The molecule has 116 valence electrons. The van der Waals surface area contributed by atoms with Gasteiger partial charge < -0.3 is 9.84 Å². The summed E-state index contributed by atoms with van der Waals surface area (Å²) in [7, 11) is 0. The van der Waals surface area contributed by atoms with Crippen LogP contribution in [-0.2, 0) is 4.79 Å². The molecule has 0 aliphatic rings. The van der Waals surface area contributed by atoms with Crippen molar-refractivity contribution in [1.29, 1.82) is 0 Å². The predicted octanol–water partition coefficient (Wildman–Crippen LogP) is 2.42. The van der Waals surface area contributed by atoms with Gasteiger partial charge in [-0.2, -0.15) is 0 Å². The molecule has 0 aliphatic heterocycles. The van der Waals surface area contributed by atoms with Gasteiger partial charge in [0, 0.05) is 36.7 Å². The van der Waals surface area contributed by atoms with E-state index in [1.54, 1.807) is 37.3 Å². The second kappa shape index (κ2) is 7.09. The van der Waals surface area contributed by atoms with Gasteiger partial charge in [-0.05, 0) is 31.2 Å². The van der Waals surface area contributed by atoms with Crippen molar-refractivity contribution < 1.29 is 14.1 Å². The smallest absolute Gasteiger partial charge is 0.251 e. The Balaban J connectivity index is 1.92. The highest BCUT2D eigenvalue weighted by molar-refractivity contribution is 6.30. The van der Waals surface area contributed by atoms with Crippen LogP contribution in [0.1, 0.15) is 23.0 Å². The molecule has 2 rings (SSSR count). The van der Waals surface area contributed by atoms with Gasteiger partial charge in [-0.1, -0.05) is 16.8 Å². The first-order valence-corrected chi connectivity index (χ1v) is 7.10. The molecule has 0 radical (unpaired) electrons. The Morgan fingerprint density at radius 2 is 2.00 bits per heavy atom. The normalized spacial score (nSPS) is 10.3. The molecule has 2 aromatic rings. The van der Waals surface area contributed by atoms with Crippen molar-refractivity contribution in [2.24, 2.45) is 0 Å². The van der Waals surface area contributed by atoms with Gasteiger partial charge in [0.05, 0.1) is 0 Å². The molecular formula is C15H16ClN3O3. The number of amides is 2. The fraction of sp³-hybridized carbons (Fsp3) is 0.267. The Bertz CT molecular complexity index is 667. The molecule has 0 saturated carbocycles. The Morgan fingerprint density at radius 1 is 1.32 bits per heavy atom. The molecule has 1 N–H and O–H groups in total. The van der Waals surface area contributed by atoms with E-state index in [9.17, 15) is 9.59 Å². The summed E-state index contributed by atoms with van der Waals surface area (Å²) >= 11 is 5.78. The van der Waals surface area contributed by atoms with Crippen LogP contribution in [0.3, 0.4) is 0 Å². The topological polar surface area (TPSA) is 75.4 Å². The van der Waals surface area contributed by atoms with Gasteiger partial charge in [-0.15, -0.1) is 0 Å². The zero-order valence-corrected chi connectivity index (χ0v) is 13.1. The number of hydrogen-bond donors (Lipinski definition) is 1. The molecule has 0 spiro atoms. The first-order chi connectivity index (χ1) is 10.5. The molecule has 1 aromatic heterocycles. The predicted molar refractivity (Wildman–Crippen MR) is 83.1 cm³/mol. The first-order valence-electron chi connectivity index (χ1n) is 6.72. The van der Waals surface area contributed by atoms with Gasteiger partial charge in [0.1, 0.15) is 5.76 Å². The minimum Gasteiger partial charge on any atom is -0.360 e. The molecule has 6 nitrogen and oxygen atoms in total. The number of nitrogens with one attached hydrogen (secondary N) is 1. The molecule has 0 unspecified atom stereocenters. The first kappa shape index (κ1) is 16.0. The number of carbonyl (C=O) groups excluding carboxylic acids is 2. The van der Waals surface area contributed by atoms with E-state index in [0.29, 0.717) is 35.3 Å². The van der Waals surface area contributed by atoms with Crippen LogP contribution in [-0.4, -0.2) is 30.1 Å². The van der Waals surface area contributed by atoms with Crippen LogP contribution in [0.2, 0.25) is 5.02 Å². The number of rotatable bonds is 5. The second-order valence-corrected chi connectivity index (χ2v) is 5.17. The number of aromatic nitrogens is 1. The Labute approximate surface area is 133 Å². The van der Waals surface area contributed by atoms with Crippen LogP contribution in [0, 0.1) is 6.92 Å². The lowest BCUT2D eigenvalue weighted by molar-refractivity contribution is -0.116. The molecule has 0 bridgehead atoms. The van der Waals surface area contributed by atoms with E-state index in [0.717, 1.165) is 0 Å². The third-order valence-corrected chi connectivity index (χ3v) is 3.25. The number of benzene rings is 1. The lowest BCUT2D eigenvalue weighted by Gasteiger charge is -2.17. The van der Waals surface area contributed by atoms with Gasteiger partial charge in [0.2, 0.25) is 5.91 Å². The summed E-state index contributed by atoms with van der Waals surface area (Å²) in [6, 6.07) is 8.25. The summed E-state index contributed by atoms with van der Waals surface area (Å²) < 4.78 is 4.96. The van der Waals surface area contributed by atoms with E-state index < -0.39 is 0 Å². The highest BCUT2D eigenvalue weighted by atomic mass is 35.5. The molecule has 1 aromatic carbocycles. The number of carbonyl (C=O) groups is 2. The van der Waals surface area contributed by atoms with Crippen molar-refractivity contribution >= 4 is 29.2 Å². The number of halogens is 1. The fourth-order valence-electron chi connectivity index (χ4n) is 1.90. The molecular weight excluding hydrogens is 306 g/mol. The fourth-order valence-corrected chi connectivity index (χ4v) is 2.02. The molecule has 7 heteroatoms. The van der Waals surface area contributed by atoms with Crippen molar-refractivity contribution in [3.05, 3.63) is 46.7 Å². The summed E-state index contributed by atoms with van der Waals surface area (Å²) in [4.78, 5) is 25.1. The summed E-state index contributed by atoms with van der Waals surface area (Å²) in [6.45, 7) is 3.79. The zero-order chi connectivity index (χ0) is 16.1. The van der Waals surface area contributed by atoms with E-state index >= 15 is 0 Å². The van der Waals surface area contributed by atoms with Gasteiger partial charge in [0.25, 0.3) is 5.91 Å². The Kier molecular flexibility index (Phi) is 5.16. The number of nitrogens with zero attached hydrogens (tertiary/aromatic N) is 2. The summed E-state index contributed by atoms with van der Waals surface area (Å²) in [5, 5.41) is 7.12. The third-order valence-electron chi connectivity index (χ3n) is 3.00. The average molecular weight is 322 g/mol. The molecule has 0 fully saturated rings. The van der Waals surface area contributed by atoms with E-state index in [1.807, 2.05) is 0 Å².